The van der Waals surface area contributed by atoms with Crippen LogP contribution in [-0.2, 0) is 6.42 Å². The molecule has 1 aromatic carbocycles. The van der Waals surface area contributed by atoms with E-state index in [1.165, 1.54) is 25.7 Å². The Bertz CT molecular complexity index is 546. The fraction of sp³-hybridized carbons (Fsp3) is 0.600. The van der Waals surface area contributed by atoms with Crippen molar-refractivity contribution < 1.29 is 13.2 Å². The standard InChI is InChI=1S/C20H31F3N2/c1-4-7-15(5-2)8-6-9-25-14(3)10-17(24)11-16-12-19(22)20(23)13-18(16)21/h12-13,15,17,25H,3-11,24H2,1-2H3. The summed E-state index contributed by atoms with van der Waals surface area (Å²) in [5, 5.41) is 3.25. The van der Waals surface area contributed by atoms with Crippen LogP contribution in [0.15, 0.2) is 24.4 Å². The van der Waals surface area contributed by atoms with Crippen LogP contribution in [0.3, 0.4) is 0 Å². The second-order valence-electron chi connectivity index (χ2n) is 6.76. The smallest absolute Gasteiger partial charge is 0.161 e. The largest absolute Gasteiger partial charge is 0.389 e. The van der Waals surface area contributed by atoms with Crippen molar-refractivity contribution in [2.45, 2.75) is 64.8 Å². The predicted octanol–water partition coefficient (Wildman–Crippen LogP) is 5.07. The molecule has 5 heteroatoms. The van der Waals surface area contributed by atoms with Crippen molar-refractivity contribution in [2.24, 2.45) is 11.7 Å². The molecule has 1 rings (SSSR count). The van der Waals surface area contributed by atoms with Crippen molar-refractivity contribution in [1.82, 2.24) is 5.32 Å². The molecule has 0 saturated heterocycles. The Hall–Kier alpha value is -1.49. The molecule has 0 aromatic heterocycles. The van der Waals surface area contributed by atoms with E-state index in [0.717, 1.165) is 30.6 Å². The van der Waals surface area contributed by atoms with E-state index in [9.17, 15) is 13.2 Å². The lowest BCUT2D eigenvalue weighted by Crippen LogP contribution is -2.27. The first-order chi connectivity index (χ1) is 11.9. The Balaban J connectivity index is 2.33. The normalized spacial score (nSPS) is 13.5. The van der Waals surface area contributed by atoms with Gasteiger partial charge in [-0.25, -0.2) is 13.2 Å². The number of halogens is 3. The topological polar surface area (TPSA) is 38.0 Å². The molecule has 0 amide bonds. The highest BCUT2D eigenvalue weighted by molar-refractivity contribution is 5.21. The molecule has 3 N–H and O–H groups in total. The number of benzene rings is 1. The Labute approximate surface area is 149 Å². The average Bonchev–Trinajstić information content (AvgIpc) is 2.55. The van der Waals surface area contributed by atoms with Gasteiger partial charge in [-0.3, -0.25) is 0 Å². The molecule has 0 bridgehead atoms. The molecule has 2 unspecified atom stereocenters. The first-order valence-electron chi connectivity index (χ1n) is 9.17. The third-order valence-corrected chi connectivity index (χ3v) is 4.52. The van der Waals surface area contributed by atoms with Crippen LogP contribution in [0.2, 0.25) is 0 Å². The summed E-state index contributed by atoms with van der Waals surface area (Å²) in [4.78, 5) is 0. The van der Waals surface area contributed by atoms with E-state index >= 15 is 0 Å². The SMILES string of the molecule is C=C(CC(N)Cc1cc(F)c(F)cc1F)NCCCC(CC)CCC. The third-order valence-electron chi connectivity index (χ3n) is 4.52. The lowest BCUT2D eigenvalue weighted by atomic mass is 9.95. The molecule has 0 saturated carbocycles. The second kappa shape index (κ2) is 11.2. The summed E-state index contributed by atoms with van der Waals surface area (Å²) in [6.45, 7) is 9.22. The van der Waals surface area contributed by atoms with Crippen LogP contribution in [0.25, 0.3) is 0 Å². The van der Waals surface area contributed by atoms with E-state index in [0.29, 0.717) is 12.5 Å². The number of hydrogen-bond acceptors (Lipinski definition) is 2. The van der Waals surface area contributed by atoms with Gasteiger partial charge in [0.15, 0.2) is 11.6 Å². The number of nitrogens with two attached hydrogens (primary N) is 1. The average molecular weight is 356 g/mol. The van der Waals surface area contributed by atoms with Gasteiger partial charge >= 0.3 is 0 Å². The maximum atomic E-state index is 13.6. The summed E-state index contributed by atoms with van der Waals surface area (Å²) in [6.07, 6.45) is 6.56. The molecule has 0 heterocycles. The highest BCUT2D eigenvalue weighted by atomic mass is 19.2. The third kappa shape index (κ3) is 7.95. The summed E-state index contributed by atoms with van der Waals surface area (Å²) in [6, 6.07) is 1.03. The zero-order valence-electron chi connectivity index (χ0n) is 15.4. The van der Waals surface area contributed by atoms with E-state index in [1.54, 1.807) is 0 Å². The van der Waals surface area contributed by atoms with Gasteiger partial charge in [-0.05, 0) is 36.8 Å². The Morgan fingerprint density at radius 3 is 2.44 bits per heavy atom. The molecular weight excluding hydrogens is 325 g/mol. The summed E-state index contributed by atoms with van der Waals surface area (Å²) in [5.41, 5.74) is 6.87. The lowest BCUT2D eigenvalue weighted by molar-refractivity contribution is 0.416. The van der Waals surface area contributed by atoms with Crippen LogP contribution in [0.1, 0.15) is 57.9 Å². The van der Waals surface area contributed by atoms with Crippen molar-refractivity contribution in [2.75, 3.05) is 6.54 Å². The van der Waals surface area contributed by atoms with E-state index in [-0.39, 0.29) is 12.0 Å². The highest BCUT2D eigenvalue weighted by Crippen LogP contribution is 2.18. The van der Waals surface area contributed by atoms with Gasteiger partial charge in [0.1, 0.15) is 5.82 Å². The quantitative estimate of drug-likeness (QED) is 0.405. The van der Waals surface area contributed by atoms with Gasteiger partial charge in [0.25, 0.3) is 0 Å². The van der Waals surface area contributed by atoms with Crippen LogP contribution in [0.4, 0.5) is 13.2 Å². The molecule has 2 nitrogen and oxygen atoms in total. The predicted molar refractivity (Wildman–Crippen MR) is 97.7 cm³/mol. The molecule has 0 aliphatic rings. The van der Waals surface area contributed by atoms with E-state index < -0.39 is 23.5 Å². The van der Waals surface area contributed by atoms with Crippen molar-refractivity contribution in [3.05, 3.63) is 47.4 Å². The van der Waals surface area contributed by atoms with Crippen molar-refractivity contribution >= 4 is 0 Å². The van der Waals surface area contributed by atoms with Gasteiger partial charge in [-0.1, -0.05) is 39.7 Å². The van der Waals surface area contributed by atoms with E-state index in [2.05, 4.69) is 25.7 Å². The van der Waals surface area contributed by atoms with Crippen LogP contribution < -0.4 is 11.1 Å². The molecule has 142 valence electrons. The molecular formula is C20H31F3N2. The summed E-state index contributed by atoms with van der Waals surface area (Å²) in [5.74, 6) is -2.24. The minimum Gasteiger partial charge on any atom is -0.389 e. The second-order valence-corrected chi connectivity index (χ2v) is 6.76. The molecule has 0 spiro atoms. The summed E-state index contributed by atoms with van der Waals surface area (Å²) < 4.78 is 39.8. The maximum absolute atomic E-state index is 13.6. The van der Waals surface area contributed by atoms with Crippen LogP contribution in [0.5, 0.6) is 0 Å². The first-order valence-corrected chi connectivity index (χ1v) is 9.17. The molecule has 2 atom stereocenters. The van der Waals surface area contributed by atoms with Gasteiger partial charge in [-0.15, -0.1) is 0 Å². The first kappa shape index (κ1) is 21.6. The monoisotopic (exact) mass is 356 g/mol. The van der Waals surface area contributed by atoms with Crippen molar-refractivity contribution in [3.8, 4) is 0 Å². The minimum atomic E-state index is -1.19. The summed E-state index contributed by atoms with van der Waals surface area (Å²) in [7, 11) is 0. The van der Waals surface area contributed by atoms with Crippen LogP contribution in [-0.4, -0.2) is 12.6 Å². The minimum absolute atomic E-state index is 0.0875. The van der Waals surface area contributed by atoms with E-state index in [4.69, 9.17) is 5.73 Å². The Morgan fingerprint density at radius 2 is 1.80 bits per heavy atom. The van der Waals surface area contributed by atoms with Gasteiger partial charge in [0.2, 0.25) is 0 Å². The number of rotatable bonds is 12. The van der Waals surface area contributed by atoms with Gasteiger partial charge in [0, 0.05) is 30.8 Å². The van der Waals surface area contributed by atoms with Gasteiger partial charge in [-0.2, -0.15) is 0 Å². The number of hydrogen-bond donors (Lipinski definition) is 2. The molecule has 0 radical (unpaired) electrons. The molecule has 1 aromatic rings. The Morgan fingerprint density at radius 1 is 1.12 bits per heavy atom. The number of nitrogens with one attached hydrogen (secondary N) is 1. The zero-order valence-corrected chi connectivity index (χ0v) is 15.4. The lowest BCUT2D eigenvalue weighted by Gasteiger charge is -2.17. The van der Waals surface area contributed by atoms with Gasteiger partial charge in [0.05, 0.1) is 0 Å². The molecule has 0 aliphatic heterocycles. The van der Waals surface area contributed by atoms with Gasteiger partial charge < -0.3 is 11.1 Å². The van der Waals surface area contributed by atoms with Crippen molar-refractivity contribution in [1.29, 1.82) is 0 Å². The van der Waals surface area contributed by atoms with E-state index in [1.807, 2.05) is 0 Å². The fourth-order valence-electron chi connectivity index (χ4n) is 3.08. The molecule has 0 aliphatic carbocycles. The maximum Gasteiger partial charge on any atom is 0.161 e. The van der Waals surface area contributed by atoms with Crippen LogP contribution in [0, 0.1) is 23.4 Å². The van der Waals surface area contributed by atoms with Crippen molar-refractivity contribution in [3.63, 3.8) is 0 Å². The summed E-state index contributed by atoms with van der Waals surface area (Å²) >= 11 is 0. The highest BCUT2D eigenvalue weighted by Gasteiger charge is 2.14. The molecule has 0 fully saturated rings. The Kier molecular flexibility index (Phi) is 9.65. The van der Waals surface area contributed by atoms with Crippen LogP contribution >= 0.6 is 0 Å². The molecule has 25 heavy (non-hydrogen) atoms. The fourth-order valence-corrected chi connectivity index (χ4v) is 3.08. The zero-order chi connectivity index (χ0) is 18.8.